The third-order valence-corrected chi connectivity index (χ3v) is 8.77. The molecule has 0 saturated carbocycles. The monoisotopic (exact) mass is 481 g/mol. The highest BCUT2D eigenvalue weighted by Gasteiger charge is 2.52. The molecule has 1 aliphatic heterocycles. The van der Waals surface area contributed by atoms with Crippen molar-refractivity contribution < 1.29 is 18.4 Å². The van der Waals surface area contributed by atoms with Crippen molar-refractivity contribution in [2.24, 2.45) is 0 Å². The Hall–Kier alpha value is -2.00. The first kappa shape index (κ1) is 26.3. The van der Waals surface area contributed by atoms with Crippen LogP contribution in [0.1, 0.15) is 45.2 Å². The Morgan fingerprint density at radius 2 is 1.72 bits per heavy atom. The van der Waals surface area contributed by atoms with Crippen LogP contribution in [0.5, 0.6) is 0 Å². The van der Waals surface area contributed by atoms with Crippen molar-refractivity contribution >= 4 is 28.2 Å². The number of likely N-dealkylation sites (tertiary alicyclic amines) is 1. The van der Waals surface area contributed by atoms with Gasteiger partial charge in [0.2, 0.25) is 0 Å². The van der Waals surface area contributed by atoms with Crippen LogP contribution in [0.3, 0.4) is 0 Å². The van der Waals surface area contributed by atoms with Crippen molar-refractivity contribution in [1.82, 2.24) is 15.4 Å². The minimum Gasteiger partial charge on any atom is -0.303 e. The maximum atomic E-state index is 13.5. The molecule has 0 aliphatic carbocycles. The van der Waals surface area contributed by atoms with Crippen molar-refractivity contribution in [2.45, 2.75) is 55.6 Å². The SMILES string of the molecule is CCCCc1ccc(-c2ccc(S(=O)(=O)C3(C(=O)NO)CCN(CC)CC3)cc2)cn1.Cl. The van der Waals surface area contributed by atoms with E-state index in [-0.39, 0.29) is 30.1 Å². The van der Waals surface area contributed by atoms with Crippen LogP contribution >= 0.6 is 12.4 Å². The summed E-state index contributed by atoms with van der Waals surface area (Å²) in [4.78, 5) is 19.2. The van der Waals surface area contributed by atoms with E-state index in [0.717, 1.165) is 42.6 Å². The summed E-state index contributed by atoms with van der Waals surface area (Å²) < 4.78 is 25.3. The van der Waals surface area contributed by atoms with Crippen LogP contribution in [0.2, 0.25) is 0 Å². The van der Waals surface area contributed by atoms with Gasteiger partial charge in [0.1, 0.15) is 0 Å². The molecule has 0 bridgehead atoms. The van der Waals surface area contributed by atoms with Crippen molar-refractivity contribution in [3.63, 3.8) is 0 Å². The molecule has 1 amide bonds. The topological polar surface area (TPSA) is 99.6 Å². The number of benzene rings is 1. The second kappa shape index (κ2) is 11.2. The van der Waals surface area contributed by atoms with E-state index in [0.29, 0.717) is 13.1 Å². The van der Waals surface area contributed by atoms with Crippen molar-refractivity contribution in [1.29, 1.82) is 0 Å². The number of nitrogens with zero attached hydrogens (tertiary/aromatic N) is 2. The van der Waals surface area contributed by atoms with Crippen LogP contribution in [0, 0.1) is 0 Å². The first-order chi connectivity index (χ1) is 14.9. The Morgan fingerprint density at radius 3 is 2.22 bits per heavy atom. The molecule has 1 aromatic carbocycles. The molecule has 32 heavy (non-hydrogen) atoms. The number of halogens is 1. The number of nitrogens with one attached hydrogen (secondary N) is 1. The van der Waals surface area contributed by atoms with Gasteiger partial charge in [-0.15, -0.1) is 12.4 Å². The van der Waals surface area contributed by atoms with E-state index in [1.807, 2.05) is 19.1 Å². The molecular formula is C23H32ClN3O4S. The standard InChI is InChI=1S/C23H31N3O4S.ClH/c1-3-5-6-20-10-7-19(17-24-20)18-8-11-21(12-9-18)31(29,30)23(22(27)25-28)13-15-26(4-2)16-14-23;/h7-12,17,28H,3-6,13-16H2,1-2H3,(H,25,27);1H. The third-order valence-electron chi connectivity index (χ3n) is 6.25. The molecule has 0 atom stereocenters. The highest BCUT2D eigenvalue weighted by molar-refractivity contribution is 7.93. The van der Waals surface area contributed by atoms with E-state index in [1.165, 1.54) is 12.1 Å². The summed E-state index contributed by atoms with van der Waals surface area (Å²) in [5.74, 6) is -0.862. The van der Waals surface area contributed by atoms with Gasteiger partial charge in [-0.05, 0) is 56.0 Å². The summed E-state index contributed by atoms with van der Waals surface area (Å²) in [6.07, 6.45) is 5.23. The quantitative estimate of drug-likeness (QED) is 0.441. The molecule has 0 unspecified atom stereocenters. The Bertz CT molecular complexity index is 987. The highest BCUT2D eigenvalue weighted by atomic mass is 35.5. The van der Waals surface area contributed by atoms with Crippen LogP contribution in [-0.4, -0.2) is 53.8 Å². The predicted octanol–water partition coefficient (Wildman–Crippen LogP) is 3.65. The van der Waals surface area contributed by atoms with Crippen LogP contribution in [0.15, 0.2) is 47.5 Å². The number of aryl methyl sites for hydroxylation is 1. The summed E-state index contributed by atoms with van der Waals surface area (Å²) in [5, 5.41) is 9.27. The molecule has 176 valence electrons. The van der Waals surface area contributed by atoms with Gasteiger partial charge in [0.05, 0.1) is 4.90 Å². The average molecular weight is 482 g/mol. The zero-order chi connectivity index (χ0) is 22.5. The number of unbranched alkanes of at least 4 members (excludes halogenated alkanes) is 1. The molecule has 7 nitrogen and oxygen atoms in total. The number of piperidine rings is 1. The molecular weight excluding hydrogens is 450 g/mol. The lowest BCUT2D eigenvalue weighted by Gasteiger charge is -2.39. The number of carbonyl (C=O) groups is 1. The van der Waals surface area contributed by atoms with E-state index in [2.05, 4.69) is 16.8 Å². The fraction of sp³-hybridized carbons (Fsp3) is 0.478. The van der Waals surface area contributed by atoms with Crippen LogP contribution in [0.4, 0.5) is 0 Å². The number of aromatic nitrogens is 1. The molecule has 1 saturated heterocycles. The Morgan fingerprint density at radius 1 is 1.09 bits per heavy atom. The summed E-state index contributed by atoms with van der Waals surface area (Å²) in [7, 11) is -4.00. The van der Waals surface area contributed by atoms with Gasteiger partial charge in [-0.2, -0.15) is 0 Å². The molecule has 0 spiro atoms. The number of pyridine rings is 1. The van der Waals surface area contributed by atoms with E-state index in [9.17, 15) is 18.4 Å². The lowest BCUT2D eigenvalue weighted by Crippen LogP contribution is -2.57. The smallest absolute Gasteiger partial charge is 0.265 e. The Labute approximate surface area is 196 Å². The highest BCUT2D eigenvalue weighted by Crippen LogP contribution is 2.36. The molecule has 3 rings (SSSR count). The molecule has 2 aromatic rings. The molecule has 2 heterocycles. The number of hydrogen-bond acceptors (Lipinski definition) is 6. The minimum absolute atomic E-state index is 0. The van der Waals surface area contributed by atoms with E-state index in [1.54, 1.807) is 23.8 Å². The summed E-state index contributed by atoms with van der Waals surface area (Å²) in [6, 6.07) is 10.5. The summed E-state index contributed by atoms with van der Waals surface area (Å²) in [6.45, 7) is 5.90. The summed E-state index contributed by atoms with van der Waals surface area (Å²) in [5.41, 5.74) is 4.40. The van der Waals surface area contributed by atoms with Crippen molar-refractivity contribution in [2.75, 3.05) is 19.6 Å². The predicted molar refractivity (Wildman–Crippen MR) is 127 cm³/mol. The second-order valence-corrected chi connectivity index (χ2v) is 10.3. The van der Waals surface area contributed by atoms with Gasteiger partial charge < -0.3 is 4.90 Å². The zero-order valence-corrected chi connectivity index (χ0v) is 20.2. The minimum atomic E-state index is -4.00. The number of sulfone groups is 1. The zero-order valence-electron chi connectivity index (χ0n) is 18.6. The lowest BCUT2D eigenvalue weighted by atomic mass is 9.95. The molecule has 9 heteroatoms. The number of hydrogen-bond donors (Lipinski definition) is 2. The maximum absolute atomic E-state index is 13.5. The van der Waals surface area contributed by atoms with Gasteiger partial charge >= 0.3 is 0 Å². The van der Waals surface area contributed by atoms with Gasteiger partial charge in [0, 0.05) is 30.5 Å². The van der Waals surface area contributed by atoms with Gasteiger partial charge in [-0.1, -0.05) is 38.5 Å². The largest absolute Gasteiger partial charge is 0.303 e. The number of rotatable bonds is 8. The van der Waals surface area contributed by atoms with Crippen LogP contribution in [0.25, 0.3) is 11.1 Å². The molecule has 1 aromatic heterocycles. The van der Waals surface area contributed by atoms with Gasteiger partial charge in [0.15, 0.2) is 14.6 Å². The normalized spacial score (nSPS) is 16.2. The van der Waals surface area contributed by atoms with Crippen LogP contribution in [-0.2, 0) is 21.1 Å². The average Bonchev–Trinajstić information content (AvgIpc) is 2.82. The molecule has 1 fully saturated rings. The van der Waals surface area contributed by atoms with E-state index < -0.39 is 20.5 Å². The maximum Gasteiger partial charge on any atom is 0.265 e. The summed E-state index contributed by atoms with van der Waals surface area (Å²) >= 11 is 0. The second-order valence-electron chi connectivity index (χ2n) is 8.04. The van der Waals surface area contributed by atoms with Gasteiger partial charge in [0.25, 0.3) is 5.91 Å². The third kappa shape index (κ3) is 5.14. The number of hydroxylamine groups is 1. The first-order valence-electron chi connectivity index (χ1n) is 10.8. The number of amides is 1. The molecule has 1 aliphatic rings. The fourth-order valence-corrected chi connectivity index (χ4v) is 6.06. The van der Waals surface area contributed by atoms with Crippen molar-refractivity contribution in [3.05, 3.63) is 48.3 Å². The van der Waals surface area contributed by atoms with Gasteiger partial charge in [-0.25, -0.2) is 13.9 Å². The molecule has 2 N–H and O–H groups in total. The molecule has 0 radical (unpaired) electrons. The van der Waals surface area contributed by atoms with Crippen molar-refractivity contribution in [3.8, 4) is 11.1 Å². The van der Waals surface area contributed by atoms with E-state index in [4.69, 9.17) is 0 Å². The Balaban J connectivity index is 0.00000363. The number of carbonyl (C=O) groups excluding carboxylic acids is 1. The van der Waals surface area contributed by atoms with E-state index >= 15 is 0 Å². The lowest BCUT2D eigenvalue weighted by molar-refractivity contribution is -0.133. The first-order valence-corrected chi connectivity index (χ1v) is 12.3. The van der Waals surface area contributed by atoms with Crippen LogP contribution < -0.4 is 5.48 Å². The van der Waals surface area contributed by atoms with Gasteiger partial charge in [-0.3, -0.25) is 15.0 Å². The Kier molecular flexibility index (Phi) is 9.21. The fourth-order valence-electron chi connectivity index (χ4n) is 4.10.